The second-order valence-corrected chi connectivity index (χ2v) is 14.5. The maximum absolute atomic E-state index is 13.8. The largest absolute Gasteiger partial charge is 0.508 e. The number of hydrogen-bond acceptors (Lipinski definition) is 11. The molecule has 1 atom stereocenters. The highest BCUT2D eigenvalue weighted by Gasteiger charge is 2.47. The molecule has 4 aromatic rings. The van der Waals surface area contributed by atoms with Crippen LogP contribution in [-0.4, -0.2) is 94.4 Å². The molecule has 324 valence electrons. The predicted molar refractivity (Wildman–Crippen MR) is 227 cm³/mol. The third-order valence-corrected chi connectivity index (χ3v) is 10.1. The number of ether oxygens (including phenoxy) is 1. The van der Waals surface area contributed by atoms with Gasteiger partial charge in [-0.1, -0.05) is 24.3 Å². The van der Waals surface area contributed by atoms with Crippen molar-refractivity contribution in [1.29, 1.82) is 5.26 Å². The number of carboxylic acid groups (broad SMARTS) is 1. The number of carbonyl (C=O) groups is 5. The number of aromatic nitrogens is 1. The summed E-state index contributed by atoms with van der Waals surface area (Å²) in [4.78, 5) is 80.7. The number of rotatable bonds is 14. The molecule has 5 N–H and O–H groups in total. The summed E-state index contributed by atoms with van der Waals surface area (Å²) in [5, 5.41) is 37.4. The first kappa shape index (κ1) is 43.6. The topological polar surface area (TPSA) is 241 Å². The zero-order valence-corrected chi connectivity index (χ0v) is 33.5. The molecule has 3 aromatic carbocycles. The highest BCUT2D eigenvalue weighted by Crippen LogP contribution is 2.42. The average Bonchev–Trinajstić information content (AvgIpc) is 3.61. The number of carboxylic acids is 1. The van der Waals surface area contributed by atoms with E-state index in [0.717, 1.165) is 10.5 Å². The lowest BCUT2D eigenvalue weighted by atomic mass is 9.89. The van der Waals surface area contributed by atoms with Crippen LogP contribution in [0.2, 0.25) is 0 Å². The average molecular weight is 871 g/mol. The van der Waals surface area contributed by atoms with Crippen LogP contribution >= 0.6 is 0 Å². The maximum Gasteiger partial charge on any atom is 0.336 e. The van der Waals surface area contributed by atoms with E-state index in [-0.39, 0.29) is 57.9 Å². The van der Waals surface area contributed by atoms with E-state index in [4.69, 9.17) is 14.4 Å². The number of hydrogen-bond donors (Lipinski definition) is 5. The summed E-state index contributed by atoms with van der Waals surface area (Å²) in [6.45, 7) is -1.69. The molecule has 0 radical (unpaired) electrons. The van der Waals surface area contributed by atoms with Crippen molar-refractivity contribution in [2.75, 3.05) is 32.8 Å². The Morgan fingerprint density at radius 1 is 0.906 bits per heavy atom. The number of amides is 4. The Balaban J connectivity index is 0.903. The summed E-state index contributed by atoms with van der Waals surface area (Å²) in [6, 6.07) is 21.0. The summed E-state index contributed by atoms with van der Waals surface area (Å²) >= 11 is 0. The van der Waals surface area contributed by atoms with Gasteiger partial charge in [-0.15, -0.1) is 0 Å². The van der Waals surface area contributed by atoms with Crippen LogP contribution in [0.15, 0.2) is 107 Å². The number of benzene rings is 4. The van der Waals surface area contributed by atoms with Gasteiger partial charge in [0.05, 0.1) is 37.8 Å². The van der Waals surface area contributed by atoms with Crippen molar-refractivity contribution < 1.29 is 52.1 Å². The van der Waals surface area contributed by atoms with E-state index in [1.165, 1.54) is 73.1 Å². The van der Waals surface area contributed by atoms with E-state index in [0.29, 0.717) is 27.8 Å². The maximum atomic E-state index is 13.8. The lowest BCUT2D eigenvalue weighted by Crippen LogP contribution is -2.43. The molecule has 0 unspecified atom stereocenters. The number of nitriles is 1. The molecule has 18 heteroatoms. The van der Waals surface area contributed by atoms with Crippen LogP contribution in [0.3, 0.4) is 0 Å². The van der Waals surface area contributed by atoms with Gasteiger partial charge in [-0.05, 0) is 71.8 Å². The molecule has 3 heterocycles. The standard InChI is InChI=1S/C46H36F2N6O10/c47-46(48)20-29(21-49)54(25-46)41(58)24-53-44(60)33-13-14-50-22-28(33)4-1-26-2-8-32(9-3-26)63-16-15-51-40(57)23-52-43(59)27-5-10-34(45(61)62)37(17-27)42-35-11-6-30(55)18-38(35)64-39-19-31(56)7-12-36(39)42/h1-14,17-19,22,29,55H,15-16,20,23-25H2,(H,51,57)(H,52,59)(H,53,60)(H,61,62)/b4-1+/t29-/m0/s1. The van der Waals surface area contributed by atoms with E-state index in [9.17, 15) is 47.8 Å². The third kappa shape index (κ3) is 10.0. The van der Waals surface area contributed by atoms with Gasteiger partial charge >= 0.3 is 5.97 Å². The van der Waals surface area contributed by atoms with Crippen LogP contribution < -0.4 is 26.1 Å². The first-order valence-electron chi connectivity index (χ1n) is 19.5. The molecule has 1 aromatic heterocycles. The fourth-order valence-electron chi connectivity index (χ4n) is 7.07. The molecule has 1 fully saturated rings. The molecule has 1 aliphatic carbocycles. The number of phenolic OH excluding ortho intramolecular Hbond substituents is 1. The Morgan fingerprint density at radius 2 is 1.69 bits per heavy atom. The number of nitrogens with zero attached hydrogens (tertiary/aromatic N) is 3. The molecule has 3 aliphatic rings. The predicted octanol–water partition coefficient (Wildman–Crippen LogP) is 4.95. The number of nitrogens with one attached hydrogen (secondary N) is 3. The first-order valence-corrected chi connectivity index (χ1v) is 19.5. The minimum atomic E-state index is -3.18. The van der Waals surface area contributed by atoms with Gasteiger partial charge in [0.15, 0.2) is 5.43 Å². The first-order chi connectivity index (χ1) is 30.7. The van der Waals surface area contributed by atoms with Crippen molar-refractivity contribution in [3.8, 4) is 40.0 Å². The van der Waals surface area contributed by atoms with Crippen LogP contribution in [0.5, 0.6) is 11.5 Å². The Hall–Kier alpha value is -8.46. The number of pyridine rings is 1. The quantitative estimate of drug-likeness (QED) is 0.0722. The fraction of sp³-hybridized carbons (Fsp3) is 0.174. The molecule has 7 rings (SSSR count). The lowest BCUT2D eigenvalue weighted by Gasteiger charge is -2.19. The summed E-state index contributed by atoms with van der Waals surface area (Å²) < 4.78 is 39.1. The molecular formula is C46H36F2N6O10. The van der Waals surface area contributed by atoms with E-state index >= 15 is 0 Å². The summed E-state index contributed by atoms with van der Waals surface area (Å²) in [7, 11) is 0. The van der Waals surface area contributed by atoms with Gasteiger partial charge in [0.2, 0.25) is 11.8 Å². The summed E-state index contributed by atoms with van der Waals surface area (Å²) in [5.74, 6) is -6.56. The lowest BCUT2D eigenvalue weighted by molar-refractivity contribution is -0.131. The number of phenols is 1. The highest BCUT2D eigenvalue weighted by atomic mass is 19.3. The van der Waals surface area contributed by atoms with Crippen molar-refractivity contribution in [2.45, 2.75) is 18.4 Å². The van der Waals surface area contributed by atoms with E-state index in [1.54, 1.807) is 42.5 Å². The molecule has 64 heavy (non-hydrogen) atoms. The van der Waals surface area contributed by atoms with Crippen LogP contribution in [0.4, 0.5) is 8.78 Å². The zero-order chi connectivity index (χ0) is 45.5. The van der Waals surface area contributed by atoms with Crippen molar-refractivity contribution in [1.82, 2.24) is 25.8 Å². The van der Waals surface area contributed by atoms with E-state index in [1.807, 2.05) is 0 Å². The Labute approximate surface area is 361 Å². The summed E-state index contributed by atoms with van der Waals surface area (Å²) in [6.07, 6.45) is 5.41. The molecule has 4 amide bonds. The number of aromatic hydroxyl groups is 1. The molecule has 16 nitrogen and oxygen atoms in total. The number of halogens is 2. The van der Waals surface area contributed by atoms with Crippen LogP contribution in [0.1, 0.15) is 48.6 Å². The van der Waals surface area contributed by atoms with Gasteiger partial charge in [-0.25, -0.2) is 13.6 Å². The third-order valence-electron chi connectivity index (χ3n) is 10.1. The van der Waals surface area contributed by atoms with Gasteiger partial charge in [-0.2, -0.15) is 5.26 Å². The van der Waals surface area contributed by atoms with E-state index < -0.39 is 67.6 Å². The molecule has 0 bridgehead atoms. The Morgan fingerprint density at radius 3 is 2.45 bits per heavy atom. The van der Waals surface area contributed by atoms with Gasteiger partial charge in [-0.3, -0.25) is 29.0 Å². The molecular weight excluding hydrogens is 835 g/mol. The number of aromatic carboxylic acids is 1. The van der Waals surface area contributed by atoms with Gasteiger partial charge in [0, 0.05) is 64.2 Å². The van der Waals surface area contributed by atoms with Gasteiger partial charge < -0.3 is 40.2 Å². The number of carbonyl (C=O) groups excluding carboxylic acids is 4. The Kier molecular flexibility index (Phi) is 12.7. The van der Waals surface area contributed by atoms with Gasteiger partial charge in [0.25, 0.3) is 17.7 Å². The van der Waals surface area contributed by atoms with Crippen LogP contribution in [0.25, 0.3) is 45.6 Å². The smallest absolute Gasteiger partial charge is 0.336 e. The zero-order valence-electron chi connectivity index (χ0n) is 33.5. The second-order valence-electron chi connectivity index (χ2n) is 14.5. The summed E-state index contributed by atoms with van der Waals surface area (Å²) in [5.41, 5.74) is 1.96. The molecule has 0 spiro atoms. The minimum Gasteiger partial charge on any atom is -0.508 e. The SMILES string of the molecule is N#C[C@@H]1CC(F)(F)CN1C(=O)CNC(=O)c1ccncc1/C=C/c1ccc(OCCNC(=O)CNC(=O)c2ccc(C(=O)O)c(-c3c4ccc(=O)cc-4oc4cc(O)ccc34)c2)cc1. The number of fused-ring (bicyclic) bond motifs is 2. The van der Waals surface area contributed by atoms with Crippen molar-refractivity contribution in [2.24, 2.45) is 0 Å². The van der Waals surface area contributed by atoms with Crippen molar-refractivity contribution >= 4 is 52.7 Å². The monoisotopic (exact) mass is 870 g/mol. The molecule has 2 aliphatic heterocycles. The van der Waals surface area contributed by atoms with Gasteiger partial charge in [0.1, 0.15) is 35.5 Å². The van der Waals surface area contributed by atoms with Crippen molar-refractivity contribution in [3.63, 3.8) is 0 Å². The van der Waals surface area contributed by atoms with Crippen LogP contribution in [0, 0.1) is 11.3 Å². The Bertz CT molecular complexity index is 2910. The minimum absolute atomic E-state index is 0.0537. The second kappa shape index (κ2) is 18.7. The fourth-order valence-corrected chi connectivity index (χ4v) is 7.07. The molecule has 1 saturated heterocycles. The number of likely N-dealkylation sites (tertiary alicyclic amines) is 1. The van der Waals surface area contributed by atoms with Crippen LogP contribution in [-0.2, 0) is 9.59 Å². The number of alkyl halides is 2. The highest BCUT2D eigenvalue weighted by molar-refractivity contribution is 6.09. The molecule has 0 saturated carbocycles. The normalized spacial score (nSPS) is 14.3. The van der Waals surface area contributed by atoms with E-state index in [2.05, 4.69) is 20.9 Å². The van der Waals surface area contributed by atoms with Crippen molar-refractivity contribution in [3.05, 3.63) is 135 Å².